The first kappa shape index (κ1) is 18.0. The molecule has 1 atom stereocenters. The summed E-state index contributed by atoms with van der Waals surface area (Å²) in [5, 5.41) is 0. The molecule has 1 unspecified atom stereocenters. The molecule has 0 aliphatic carbocycles. The SMILES string of the molecule is CCC(N)Cc1ccc(N(CC)CCCN(C)C)c(C)c1. The molecule has 0 aromatic heterocycles. The molecule has 0 bridgehead atoms. The van der Waals surface area contributed by atoms with E-state index < -0.39 is 0 Å². The van der Waals surface area contributed by atoms with Crippen molar-refractivity contribution >= 4 is 5.69 Å². The van der Waals surface area contributed by atoms with Crippen LogP contribution in [-0.4, -0.2) is 44.7 Å². The van der Waals surface area contributed by atoms with E-state index in [2.05, 4.69) is 62.9 Å². The van der Waals surface area contributed by atoms with Crippen LogP contribution < -0.4 is 10.6 Å². The Hall–Kier alpha value is -1.06. The molecule has 0 aliphatic heterocycles. The van der Waals surface area contributed by atoms with Gasteiger partial charge in [-0.15, -0.1) is 0 Å². The van der Waals surface area contributed by atoms with Crippen LogP contribution in [0.25, 0.3) is 0 Å². The fourth-order valence-corrected chi connectivity index (χ4v) is 2.67. The van der Waals surface area contributed by atoms with Crippen molar-refractivity contribution < 1.29 is 0 Å². The van der Waals surface area contributed by atoms with Crippen LogP contribution in [0, 0.1) is 6.92 Å². The summed E-state index contributed by atoms with van der Waals surface area (Å²) >= 11 is 0. The Kier molecular flexibility index (Phi) is 7.76. The van der Waals surface area contributed by atoms with E-state index in [1.165, 1.54) is 23.2 Å². The summed E-state index contributed by atoms with van der Waals surface area (Å²) in [6.45, 7) is 9.90. The summed E-state index contributed by atoms with van der Waals surface area (Å²) in [7, 11) is 4.26. The Morgan fingerprint density at radius 2 is 1.86 bits per heavy atom. The van der Waals surface area contributed by atoms with E-state index in [9.17, 15) is 0 Å². The molecule has 0 heterocycles. The third-order valence-electron chi connectivity index (χ3n) is 4.04. The van der Waals surface area contributed by atoms with Gasteiger partial charge in [-0.25, -0.2) is 0 Å². The number of rotatable bonds is 9. The fraction of sp³-hybridized carbons (Fsp3) is 0.667. The normalized spacial score (nSPS) is 12.7. The quantitative estimate of drug-likeness (QED) is 0.759. The number of hydrogen-bond donors (Lipinski definition) is 1. The zero-order chi connectivity index (χ0) is 15.8. The van der Waals surface area contributed by atoms with Crippen LogP contribution in [0.15, 0.2) is 18.2 Å². The molecule has 3 heteroatoms. The highest BCUT2D eigenvalue weighted by Gasteiger charge is 2.09. The van der Waals surface area contributed by atoms with Crippen LogP contribution in [0.5, 0.6) is 0 Å². The predicted octanol–water partition coefficient (Wildman–Crippen LogP) is 3.05. The van der Waals surface area contributed by atoms with Gasteiger partial charge in [-0.05, 0) is 70.9 Å². The maximum atomic E-state index is 6.06. The van der Waals surface area contributed by atoms with Crippen molar-refractivity contribution in [1.82, 2.24) is 4.90 Å². The third kappa shape index (κ3) is 6.06. The van der Waals surface area contributed by atoms with Crippen LogP contribution in [-0.2, 0) is 6.42 Å². The maximum Gasteiger partial charge on any atom is 0.0396 e. The van der Waals surface area contributed by atoms with E-state index >= 15 is 0 Å². The molecule has 0 saturated heterocycles. The lowest BCUT2D eigenvalue weighted by Crippen LogP contribution is -2.27. The largest absolute Gasteiger partial charge is 0.372 e. The van der Waals surface area contributed by atoms with Crippen molar-refractivity contribution in [1.29, 1.82) is 0 Å². The molecule has 0 amide bonds. The van der Waals surface area contributed by atoms with Crippen molar-refractivity contribution in [2.24, 2.45) is 5.73 Å². The van der Waals surface area contributed by atoms with Gasteiger partial charge < -0.3 is 15.5 Å². The highest BCUT2D eigenvalue weighted by molar-refractivity contribution is 5.54. The summed E-state index contributed by atoms with van der Waals surface area (Å²) in [6.07, 6.45) is 3.21. The Morgan fingerprint density at radius 1 is 1.14 bits per heavy atom. The number of hydrogen-bond acceptors (Lipinski definition) is 3. The highest BCUT2D eigenvalue weighted by atomic mass is 15.1. The first-order chi connectivity index (χ1) is 9.97. The van der Waals surface area contributed by atoms with Crippen molar-refractivity contribution in [2.45, 2.75) is 46.1 Å². The number of aryl methyl sites for hydroxylation is 1. The number of anilines is 1. The lowest BCUT2D eigenvalue weighted by molar-refractivity contribution is 0.400. The van der Waals surface area contributed by atoms with Crippen molar-refractivity contribution in [3.8, 4) is 0 Å². The number of benzene rings is 1. The molecule has 3 nitrogen and oxygen atoms in total. The van der Waals surface area contributed by atoms with Crippen LogP contribution in [0.1, 0.15) is 37.8 Å². The lowest BCUT2D eigenvalue weighted by Gasteiger charge is -2.26. The second-order valence-electron chi connectivity index (χ2n) is 6.23. The molecule has 2 N–H and O–H groups in total. The Morgan fingerprint density at radius 3 is 2.38 bits per heavy atom. The average molecular weight is 291 g/mol. The van der Waals surface area contributed by atoms with Crippen LogP contribution in [0.2, 0.25) is 0 Å². The second kappa shape index (κ2) is 9.06. The van der Waals surface area contributed by atoms with Gasteiger partial charge in [0.2, 0.25) is 0 Å². The molecule has 0 radical (unpaired) electrons. The first-order valence-corrected chi connectivity index (χ1v) is 8.22. The van der Waals surface area contributed by atoms with Gasteiger partial charge in [0, 0.05) is 24.8 Å². The van der Waals surface area contributed by atoms with Gasteiger partial charge >= 0.3 is 0 Å². The first-order valence-electron chi connectivity index (χ1n) is 8.22. The number of nitrogens with two attached hydrogens (primary N) is 1. The Balaban J connectivity index is 2.71. The zero-order valence-corrected chi connectivity index (χ0v) is 14.5. The molecule has 120 valence electrons. The van der Waals surface area contributed by atoms with Crippen LogP contribution in [0.3, 0.4) is 0 Å². The standard InChI is InChI=1S/C18H33N3/c1-6-17(19)14-16-9-10-18(15(3)13-16)21(7-2)12-8-11-20(4)5/h9-10,13,17H,6-8,11-12,14,19H2,1-5H3. The van der Waals surface area contributed by atoms with E-state index in [4.69, 9.17) is 5.73 Å². The molecular formula is C18H33N3. The van der Waals surface area contributed by atoms with Gasteiger partial charge in [-0.3, -0.25) is 0 Å². The minimum absolute atomic E-state index is 0.276. The van der Waals surface area contributed by atoms with Gasteiger partial charge in [-0.1, -0.05) is 19.1 Å². The molecule has 1 aromatic rings. The highest BCUT2D eigenvalue weighted by Crippen LogP contribution is 2.22. The molecule has 1 aromatic carbocycles. The van der Waals surface area contributed by atoms with Crippen molar-refractivity contribution in [2.75, 3.05) is 38.6 Å². The molecule has 0 fully saturated rings. The van der Waals surface area contributed by atoms with Crippen molar-refractivity contribution in [3.05, 3.63) is 29.3 Å². The summed E-state index contributed by atoms with van der Waals surface area (Å²) < 4.78 is 0. The van der Waals surface area contributed by atoms with E-state index in [1.807, 2.05) is 0 Å². The number of nitrogens with zero attached hydrogens (tertiary/aromatic N) is 2. The molecular weight excluding hydrogens is 258 g/mol. The summed E-state index contributed by atoms with van der Waals surface area (Å²) in [6, 6.07) is 7.09. The van der Waals surface area contributed by atoms with E-state index in [1.54, 1.807) is 0 Å². The molecule has 0 spiro atoms. The summed E-state index contributed by atoms with van der Waals surface area (Å²) in [5.41, 5.74) is 10.1. The van der Waals surface area contributed by atoms with Crippen LogP contribution >= 0.6 is 0 Å². The zero-order valence-electron chi connectivity index (χ0n) is 14.5. The van der Waals surface area contributed by atoms with E-state index in [0.29, 0.717) is 0 Å². The Bertz CT molecular complexity index is 415. The summed E-state index contributed by atoms with van der Waals surface area (Å²) in [4.78, 5) is 4.72. The molecule has 0 aliphatic rings. The maximum absolute atomic E-state index is 6.06. The minimum Gasteiger partial charge on any atom is -0.372 e. The van der Waals surface area contributed by atoms with Crippen molar-refractivity contribution in [3.63, 3.8) is 0 Å². The fourth-order valence-electron chi connectivity index (χ4n) is 2.67. The topological polar surface area (TPSA) is 32.5 Å². The van der Waals surface area contributed by atoms with Crippen LogP contribution in [0.4, 0.5) is 5.69 Å². The molecule has 21 heavy (non-hydrogen) atoms. The van der Waals surface area contributed by atoms with Gasteiger partial charge in [0.1, 0.15) is 0 Å². The average Bonchev–Trinajstić information content (AvgIpc) is 2.44. The van der Waals surface area contributed by atoms with Gasteiger partial charge in [-0.2, -0.15) is 0 Å². The molecule has 0 saturated carbocycles. The Labute approximate surface area is 131 Å². The minimum atomic E-state index is 0.276. The van der Waals surface area contributed by atoms with E-state index in [-0.39, 0.29) is 6.04 Å². The van der Waals surface area contributed by atoms with Gasteiger partial charge in [0.05, 0.1) is 0 Å². The third-order valence-corrected chi connectivity index (χ3v) is 4.04. The summed E-state index contributed by atoms with van der Waals surface area (Å²) in [5.74, 6) is 0. The van der Waals surface area contributed by atoms with Gasteiger partial charge in [0.25, 0.3) is 0 Å². The van der Waals surface area contributed by atoms with Gasteiger partial charge in [0.15, 0.2) is 0 Å². The molecule has 1 rings (SSSR count). The predicted molar refractivity (Wildman–Crippen MR) is 94.2 cm³/mol. The smallest absolute Gasteiger partial charge is 0.0396 e. The monoisotopic (exact) mass is 291 g/mol. The van der Waals surface area contributed by atoms with E-state index in [0.717, 1.165) is 32.5 Å². The second-order valence-corrected chi connectivity index (χ2v) is 6.23. The lowest BCUT2D eigenvalue weighted by atomic mass is 10.0.